The minimum atomic E-state index is -2.97. The molecule has 0 bridgehead atoms. The van der Waals surface area contributed by atoms with E-state index in [1.807, 2.05) is 4.90 Å². The smallest absolute Gasteiger partial charge is 0.224 e. The largest absolute Gasteiger partial charge is 0.342 e. The Labute approximate surface area is 122 Å². The van der Waals surface area contributed by atoms with Gasteiger partial charge in [0.05, 0.1) is 11.5 Å². The van der Waals surface area contributed by atoms with E-state index in [4.69, 9.17) is 0 Å². The topological polar surface area (TPSA) is 66.5 Å². The molecule has 5 nitrogen and oxygen atoms in total. The van der Waals surface area contributed by atoms with Crippen LogP contribution >= 0.6 is 0 Å². The summed E-state index contributed by atoms with van der Waals surface area (Å²) >= 11 is 0. The number of rotatable bonds is 2. The maximum Gasteiger partial charge on any atom is 0.224 e. The highest BCUT2D eigenvalue weighted by atomic mass is 32.2. The van der Waals surface area contributed by atoms with Gasteiger partial charge in [0.2, 0.25) is 5.91 Å². The van der Waals surface area contributed by atoms with E-state index in [1.165, 1.54) is 0 Å². The lowest BCUT2D eigenvalue weighted by Crippen LogP contribution is -2.47. The molecular weight excluding hydrogens is 276 g/mol. The van der Waals surface area contributed by atoms with E-state index in [0.29, 0.717) is 18.9 Å². The number of nitrogens with one attached hydrogen (secondary N) is 1. The first-order valence-electron chi connectivity index (χ1n) is 7.39. The molecule has 0 radical (unpaired) electrons. The standard InChI is InChI=1S/C14H26N2O3S/c1-14(2,3)11-4-6-16(9-11)13(17)8-12-10-20(18,19)7-5-15-12/h11-12,15H,4-10H2,1-3H3. The van der Waals surface area contributed by atoms with Crippen LogP contribution in [0.25, 0.3) is 0 Å². The Balaban J connectivity index is 1.87. The van der Waals surface area contributed by atoms with Crippen molar-refractivity contribution in [2.45, 2.75) is 39.7 Å². The molecule has 2 aliphatic rings. The van der Waals surface area contributed by atoms with Crippen molar-refractivity contribution in [3.8, 4) is 0 Å². The Hall–Kier alpha value is -0.620. The summed E-state index contributed by atoms with van der Waals surface area (Å²) in [6.07, 6.45) is 1.35. The van der Waals surface area contributed by atoms with E-state index in [1.54, 1.807) is 0 Å². The molecule has 1 N–H and O–H groups in total. The van der Waals surface area contributed by atoms with Crippen LogP contribution in [0, 0.1) is 11.3 Å². The van der Waals surface area contributed by atoms with Crippen molar-refractivity contribution in [1.82, 2.24) is 10.2 Å². The van der Waals surface area contributed by atoms with E-state index < -0.39 is 9.84 Å². The fourth-order valence-electron chi connectivity index (χ4n) is 3.03. The third-order valence-electron chi connectivity index (χ3n) is 4.49. The molecule has 1 amide bonds. The van der Waals surface area contributed by atoms with Crippen LogP contribution in [0.4, 0.5) is 0 Å². The van der Waals surface area contributed by atoms with Gasteiger partial charge >= 0.3 is 0 Å². The quantitative estimate of drug-likeness (QED) is 0.814. The van der Waals surface area contributed by atoms with Crippen molar-refractivity contribution in [3.63, 3.8) is 0 Å². The van der Waals surface area contributed by atoms with Crippen LogP contribution in [0.15, 0.2) is 0 Å². The lowest BCUT2D eigenvalue weighted by Gasteiger charge is -2.28. The van der Waals surface area contributed by atoms with Crippen molar-refractivity contribution in [2.75, 3.05) is 31.1 Å². The first-order chi connectivity index (χ1) is 9.17. The molecule has 2 heterocycles. The molecule has 0 spiro atoms. The molecule has 2 rings (SSSR count). The van der Waals surface area contributed by atoms with E-state index in [0.717, 1.165) is 19.5 Å². The number of carbonyl (C=O) groups is 1. The lowest BCUT2D eigenvalue weighted by molar-refractivity contribution is -0.130. The molecule has 0 aromatic rings. The van der Waals surface area contributed by atoms with Crippen LogP contribution in [0.2, 0.25) is 0 Å². The Bertz CT molecular complexity index is 467. The van der Waals surface area contributed by atoms with Gasteiger partial charge in [0.1, 0.15) is 0 Å². The fourth-order valence-corrected chi connectivity index (χ4v) is 4.48. The van der Waals surface area contributed by atoms with Crippen LogP contribution in [-0.2, 0) is 14.6 Å². The summed E-state index contributed by atoms with van der Waals surface area (Å²) in [6.45, 7) is 8.70. The van der Waals surface area contributed by atoms with Crippen LogP contribution < -0.4 is 5.32 Å². The first kappa shape index (κ1) is 15.8. The normalized spacial score (nSPS) is 30.4. The van der Waals surface area contributed by atoms with Crippen LogP contribution in [0.5, 0.6) is 0 Å². The highest BCUT2D eigenvalue weighted by molar-refractivity contribution is 7.91. The van der Waals surface area contributed by atoms with Gasteiger partial charge in [-0.2, -0.15) is 0 Å². The monoisotopic (exact) mass is 302 g/mol. The van der Waals surface area contributed by atoms with E-state index in [-0.39, 0.29) is 28.9 Å². The summed E-state index contributed by atoms with van der Waals surface area (Å²) < 4.78 is 23.2. The highest BCUT2D eigenvalue weighted by Gasteiger charge is 2.35. The van der Waals surface area contributed by atoms with Crippen LogP contribution in [0.3, 0.4) is 0 Å². The average Bonchev–Trinajstić information content (AvgIpc) is 2.76. The molecule has 2 aliphatic heterocycles. The Morgan fingerprint density at radius 2 is 2.05 bits per heavy atom. The molecule has 2 atom stereocenters. The number of nitrogens with zero attached hydrogens (tertiary/aromatic N) is 1. The minimum Gasteiger partial charge on any atom is -0.342 e. The van der Waals surface area contributed by atoms with E-state index in [9.17, 15) is 13.2 Å². The van der Waals surface area contributed by atoms with Gasteiger partial charge in [0, 0.05) is 32.1 Å². The predicted molar refractivity (Wildman–Crippen MR) is 79.2 cm³/mol. The summed E-state index contributed by atoms with van der Waals surface area (Å²) in [6, 6.07) is -0.213. The van der Waals surface area contributed by atoms with Gasteiger partial charge in [-0.05, 0) is 17.8 Å². The van der Waals surface area contributed by atoms with Gasteiger partial charge in [-0.25, -0.2) is 8.42 Å². The van der Waals surface area contributed by atoms with Gasteiger partial charge < -0.3 is 10.2 Å². The van der Waals surface area contributed by atoms with Gasteiger partial charge in [-0.1, -0.05) is 20.8 Å². The summed E-state index contributed by atoms with van der Waals surface area (Å²) in [5.41, 5.74) is 0.224. The summed E-state index contributed by atoms with van der Waals surface area (Å²) in [7, 11) is -2.97. The van der Waals surface area contributed by atoms with Gasteiger partial charge in [-0.15, -0.1) is 0 Å². The predicted octanol–water partition coefficient (Wildman–Crippen LogP) is 0.658. The molecule has 6 heteroatoms. The minimum absolute atomic E-state index is 0.0892. The second-order valence-electron chi connectivity index (χ2n) is 7.16. The van der Waals surface area contributed by atoms with Crippen molar-refractivity contribution in [3.05, 3.63) is 0 Å². The molecule has 0 aromatic carbocycles. The molecule has 2 fully saturated rings. The van der Waals surface area contributed by atoms with Crippen molar-refractivity contribution in [1.29, 1.82) is 0 Å². The highest BCUT2D eigenvalue weighted by Crippen LogP contribution is 2.33. The van der Waals surface area contributed by atoms with Gasteiger partial charge in [-0.3, -0.25) is 4.79 Å². The first-order valence-corrected chi connectivity index (χ1v) is 9.21. The number of hydrogen-bond donors (Lipinski definition) is 1. The molecule has 0 aromatic heterocycles. The lowest BCUT2D eigenvalue weighted by atomic mass is 9.80. The number of carbonyl (C=O) groups excluding carboxylic acids is 1. The van der Waals surface area contributed by atoms with Gasteiger partial charge in [0.15, 0.2) is 9.84 Å². The third kappa shape index (κ3) is 3.95. The number of sulfone groups is 1. The van der Waals surface area contributed by atoms with Crippen LogP contribution in [-0.4, -0.2) is 56.4 Å². The Morgan fingerprint density at radius 1 is 1.35 bits per heavy atom. The SMILES string of the molecule is CC(C)(C)C1CCN(C(=O)CC2CS(=O)(=O)CCN2)C1. The average molecular weight is 302 g/mol. The number of hydrogen-bond acceptors (Lipinski definition) is 4. The van der Waals surface area contributed by atoms with Crippen LogP contribution in [0.1, 0.15) is 33.6 Å². The molecule has 20 heavy (non-hydrogen) atoms. The summed E-state index contributed by atoms with van der Waals surface area (Å²) in [5.74, 6) is 0.906. The Morgan fingerprint density at radius 3 is 2.60 bits per heavy atom. The van der Waals surface area contributed by atoms with Crippen molar-refractivity contribution >= 4 is 15.7 Å². The van der Waals surface area contributed by atoms with Crippen molar-refractivity contribution in [2.24, 2.45) is 11.3 Å². The zero-order valence-electron chi connectivity index (χ0n) is 12.7. The maximum absolute atomic E-state index is 12.3. The third-order valence-corrected chi connectivity index (χ3v) is 6.22. The Kier molecular flexibility index (Phi) is 4.44. The molecular formula is C14H26N2O3S. The zero-order valence-corrected chi connectivity index (χ0v) is 13.5. The molecule has 0 saturated carbocycles. The fraction of sp³-hybridized carbons (Fsp3) is 0.929. The maximum atomic E-state index is 12.3. The second kappa shape index (κ2) is 5.64. The summed E-state index contributed by atoms with van der Waals surface area (Å²) in [4.78, 5) is 14.2. The van der Waals surface area contributed by atoms with E-state index >= 15 is 0 Å². The van der Waals surface area contributed by atoms with E-state index in [2.05, 4.69) is 26.1 Å². The number of amides is 1. The molecule has 0 aliphatic carbocycles. The summed E-state index contributed by atoms with van der Waals surface area (Å²) in [5, 5.41) is 3.14. The molecule has 2 unspecified atom stereocenters. The molecule has 116 valence electrons. The second-order valence-corrected chi connectivity index (χ2v) is 9.39. The number of likely N-dealkylation sites (tertiary alicyclic amines) is 1. The van der Waals surface area contributed by atoms with Crippen molar-refractivity contribution < 1.29 is 13.2 Å². The zero-order chi connectivity index (χ0) is 15.0. The molecule has 2 saturated heterocycles. The van der Waals surface area contributed by atoms with Gasteiger partial charge in [0.25, 0.3) is 0 Å².